The highest BCUT2D eigenvalue weighted by Crippen LogP contribution is 2.28. The Hall–Kier alpha value is -1.19. The van der Waals surface area contributed by atoms with Crippen molar-refractivity contribution in [1.29, 1.82) is 0 Å². The minimum atomic E-state index is -0.172. The number of halogens is 1. The van der Waals surface area contributed by atoms with Crippen LogP contribution in [0.4, 0.5) is 4.39 Å². The van der Waals surface area contributed by atoms with Gasteiger partial charge in [0.2, 0.25) is 0 Å². The first-order valence-corrected chi connectivity index (χ1v) is 7.96. The molecule has 0 saturated heterocycles. The van der Waals surface area contributed by atoms with Crippen molar-refractivity contribution in [2.45, 2.75) is 39.7 Å². The molecular weight excluding hydrogens is 269 g/mol. The van der Waals surface area contributed by atoms with Gasteiger partial charge in [-0.3, -0.25) is 0 Å². The molecule has 0 bridgehead atoms. The summed E-state index contributed by atoms with van der Waals surface area (Å²) >= 11 is 1.86. The molecule has 0 fully saturated rings. The van der Waals surface area contributed by atoms with Crippen molar-refractivity contribution in [1.82, 2.24) is 5.32 Å². The van der Waals surface area contributed by atoms with Gasteiger partial charge in [-0.15, -0.1) is 11.3 Å². The highest BCUT2D eigenvalue weighted by molar-refractivity contribution is 7.12. The van der Waals surface area contributed by atoms with Crippen LogP contribution >= 0.6 is 11.3 Å². The number of hydrogen-bond donors (Lipinski definition) is 1. The van der Waals surface area contributed by atoms with Crippen molar-refractivity contribution < 1.29 is 4.39 Å². The molecule has 0 amide bonds. The van der Waals surface area contributed by atoms with Crippen LogP contribution < -0.4 is 5.32 Å². The Morgan fingerprint density at radius 2 is 1.90 bits per heavy atom. The third-order valence-corrected chi connectivity index (χ3v) is 4.79. The molecule has 1 unspecified atom stereocenters. The van der Waals surface area contributed by atoms with Gasteiger partial charge in [-0.05, 0) is 62.6 Å². The summed E-state index contributed by atoms with van der Waals surface area (Å²) in [6.07, 6.45) is 2.02. The fourth-order valence-corrected chi connectivity index (χ4v) is 3.34. The molecule has 2 aromatic rings. The van der Waals surface area contributed by atoms with Gasteiger partial charge in [0.05, 0.1) is 0 Å². The number of nitrogens with one attached hydrogen (secondary N) is 1. The molecule has 1 N–H and O–H groups in total. The van der Waals surface area contributed by atoms with Gasteiger partial charge in [0.25, 0.3) is 0 Å². The molecule has 3 heteroatoms. The Morgan fingerprint density at radius 3 is 2.45 bits per heavy atom. The lowest BCUT2D eigenvalue weighted by molar-refractivity contribution is 0.535. The third-order valence-electron chi connectivity index (χ3n) is 3.52. The Balaban J connectivity index is 2.16. The van der Waals surface area contributed by atoms with Crippen LogP contribution in [0, 0.1) is 19.7 Å². The number of benzene rings is 1. The van der Waals surface area contributed by atoms with Crippen LogP contribution in [-0.2, 0) is 6.42 Å². The topological polar surface area (TPSA) is 12.0 Å². The summed E-state index contributed by atoms with van der Waals surface area (Å²) in [4.78, 5) is 2.75. The Labute approximate surface area is 124 Å². The first-order valence-electron chi connectivity index (χ1n) is 7.15. The third kappa shape index (κ3) is 3.90. The van der Waals surface area contributed by atoms with Gasteiger partial charge < -0.3 is 5.32 Å². The van der Waals surface area contributed by atoms with E-state index in [1.54, 1.807) is 0 Å². The second kappa shape index (κ2) is 7.00. The van der Waals surface area contributed by atoms with Crippen LogP contribution in [0.25, 0.3) is 0 Å². The quantitative estimate of drug-likeness (QED) is 0.807. The molecule has 1 aromatic carbocycles. The first kappa shape index (κ1) is 15.2. The van der Waals surface area contributed by atoms with Crippen LogP contribution in [-0.4, -0.2) is 6.54 Å². The van der Waals surface area contributed by atoms with E-state index in [0.717, 1.165) is 19.4 Å². The maximum absolute atomic E-state index is 13.0. The Morgan fingerprint density at radius 1 is 1.20 bits per heavy atom. The molecule has 1 nitrogen and oxygen atoms in total. The minimum Gasteiger partial charge on any atom is -0.309 e. The fourth-order valence-electron chi connectivity index (χ4n) is 2.22. The number of thiophene rings is 1. The lowest BCUT2D eigenvalue weighted by Gasteiger charge is -2.17. The number of aryl methyl sites for hydroxylation is 2. The summed E-state index contributed by atoms with van der Waals surface area (Å²) in [7, 11) is 0. The van der Waals surface area contributed by atoms with E-state index in [4.69, 9.17) is 0 Å². The number of hydrogen-bond acceptors (Lipinski definition) is 2. The lowest BCUT2D eigenvalue weighted by atomic mass is 10.0. The molecule has 1 heterocycles. The molecule has 108 valence electrons. The van der Waals surface area contributed by atoms with Crippen molar-refractivity contribution in [3.63, 3.8) is 0 Å². The van der Waals surface area contributed by atoms with Gasteiger partial charge in [0.1, 0.15) is 5.82 Å². The normalized spacial score (nSPS) is 12.6. The van der Waals surface area contributed by atoms with E-state index in [2.05, 4.69) is 32.2 Å². The van der Waals surface area contributed by atoms with Crippen LogP contribution in [0.5, 0.6) is 0 Å². The van der Waals surface area contributed by atoms with Crippen LogP contribution in [0.1, 0.15) is 40.3 Å². The van der Waals surface area contributed by atoms with Crippen molar-refractivity contribution in [3.05, 3.63) is 57.0 Å². The molecule has 1 aromatic heterocycles. The first-order chi connectivity index (χ1) is 9.60. The minimum absolute atomic E-state index is 0.172. The summed E-state index contributed by atoms with van der Waals surface area (Å²) in [6, 6.07) is 9.43. The van der Waals surface area contributed by atoms with Crippen molar-refractivity contribution in [2.75, 3.05) is 6.54 Å². The van der Waals surface area contributed by atoms with E-state index >= 15 is 0 Å². The van der Waals surface area contributed by atoms with Gasteiger partial charge in [0.15, 0.2) is 0 Å². The maximum atomic E-state index is 13.0. The van der Waals surface area contributed by atoms with Crippen LogP contribution in [0.15, 0.2) is 30.3 Å². The SMILES string of the molecule is CCCNC(Cc1ccc(F)cc1)c1cc(C)c(C)s1. The fraction of sp³-hybridized carbons (Fsp3) is 0.412. The summed E-state index contributed by atoms with van der Waals surface area (Å²) in [5, 5.41) is 3.61. The Bertz CT molecular complexity index is 525. The predicted octanol–water partition coefficient (Wildman–Crippen LogP) is 4.79. The van der Waals surface area contributed by atoms with Gasteiger partial charge in [-0.25, -0.2) is 4.39 Å². The highest BCUT2D eigenvalue weighted by Gasteiger charge is 2.15. The zero-order valence-electron chi connectivity index (χ0n) is 12.4. The molecule has 0 aliphatic rings. The molecule has 0 radical (unpaired) electrons. The van der Waals surface area contributed by atoms with Crippen molar-refractivity contribution >= 4 is 11.3 Å². The summed E-state index contributed by atoms with van der Waals surface area (Å²) in [5.41, 5.74) is 2.52. The average molecular weight is 291 g/mol. The van der Waals surface area contributed by atoms with E-state index in [0.29, 0.717) is 6.04 Å². The summed E-state index contributed by atoms with van der Waals surface area (Å²) in [6.45, 7) is 7.50. The second-order valence-corrected chi connectivity index (χ2v) is 6.51. The maximum Gasteiger partial charge on any atom is 0.123 e. The summed E-state index contributed by atoms with van der Waals surface area (Å²) in [5.74, 6) is -0.172. The smallest absolute Gasteiger partial charge is 0.123 e. The predicted molar refractivity (Wildman–Crippen MR) is 84.9 cm³/mol. The molecule has 2 rings (SSSR count). The van der Waals surface area contributed by atoms with Gasteiger partial charge in [-0.1, -0.05) is 19.1 Å². The standard InChI is InChI=1S/C17H22FNS/c1-4-9-19-16(17-10-12(2)13(3)20-17)11-14-5-7-15(18)8-6-14/h5-8,10,16,19H,4,9,11H2,1-3H3. The van der Waals surface area contributed by atoms with Gasteiger partial charge in [0, 0.05) is 15.8 Å². The molecule has 0 aliphatic carbocycles. The monoisotopic (exact) mass is 291 g/mol. The molecular formula is C17H22FNS. The molecule has 1 atom stereocenters. The Kier molecular flexibility index (Phi) is 5.32. The molecule has 0 spiro atoms. The van der Waals surface area contributed by atoms with Crippen LogP contribution in [0.3, 0.4) is 0 Å². The zero-order chi connectivity index (χ0) is 14.5. The van der Waals surface area contributed by atoms with E-state index in [1.807, 2.05) is 23.5 Å². The van der Waals surface area contributed by atoms with E-state index in [1.165, 1.54) is 33.0 Å². The summed E-state index contributed by atoms with van der Waals surface area (Å²) < 4.78 is 13.0. The van der Waals surface area contributed by atoms with Crippen molar-refractivity contribution in [2.24, 2.45) is 0 Å². The van der Waals surface area contributed by atoms with E-state index in [-0.39, 0.29) is 5.82 Å². The number of rotatable bonds is 6. The average Bonchev–Trinajstić information content (AvgIpc) is 2.77. The second-order valence-electron chi connectivity index (χ2n) is 5.23. The van der Waals surface area contributed by atoms with Gasteiger partial charge >= 0.3 is 0 Å². The van der Waals surface area contributed by atoms with Crippen molar-refractivity contribution in [3.8, 4) is 0 Å². The molecule has 0 aliphatic heterocycles. The van der Waals surface area contributed by atoms with E-state index < -0.39 is 0 Å². The highest BCUT2D eigenvalue weighted by atomic mass is 32.1. The van der Waals surface area contributed by atoms with Crippen LogP contribution in [0.2, 0.25) is 0 Å². The molecule has 0 saturated carbocycles. The molecule has 20 heavy (non-hydrogen) atoms. The lowest BCUT2D eigenvalue weighted by Crippen LogP contribution is -2.23. The zero-order valence-corrected chi connectivity index (χ0v) is 13.2. The largest absolute Gasteiger partial charge is 0.309 e. The van der Waals surface area contributed by atoms with E-state index in [9.17, 15) is 4.39 Å². The van der Waals surface area contributed by atoms with Gasteiger partial charge in [-0.2, -0.15) is 0 Å².